The molecule has 138 valence electrons. The molecule has 1 aliphatic rings. The van der Waals surface area contributed by atoms with Crippen LogP contribution in [0, 0.1) is 0 Å². The molecule has 2 atom stereocenters. The summed E-state index contributed by atoms with van der Waals surface area (Å²) in [4.78, 5) is 4.51. The second kappa shape index (κ2) is 12.3. The minimum Gasteiger partial charge on any atom is -0.388 e. The molecule has 1 fully saturated rings. The van der Waals surface area contributed by atoms with Crippen molar-refractivity contribution in [3.63, 3.8) is 0 Å². The van der Waals surface area contributed by atoms with Gasteiger partial charge >= 0.3 is 0 Å². The average Bonchev–Trinajstić information content (AvgIpc) is 3.04. The second-order valence-electron chi connectivity index (χ2n) is 5.99. The summed E-state index contributed by atoms with van der Waals surface area (Å²) >= 11 is 0. The summed E-state index contributed by atoms with van der Waals surface area (Å²) in [5, 5.41) is 16.9. The second-order valence-corrected chi connectivity index (χ2v) is 5.99. The quantitative estimate of drug-likeness (QED) is 0.289. The number of hydrogen-bond donors (Lipinski definition) is 3. The van der Waals surface area contributed by atoms with E-state index in [1.165, 1.54) is 0 Å². The van der Waals surface area contributed by atoms with Crippen molar-refractivity contribution in [2.75, 3.05) is 32.9 Å². The van der Waals surface area contributed by atoms with Crippen LogP contribution < -0.4 is 10.6 Å². The van der Waals surface area contributed by atoms with Crippen molar-refractivity contribution < 1.29 is 14.6 Å². The van der Waals surface area contributed by atoms with Gasteiger partial charge in [0.2, 0.25) is 0 Å². The van der Waals surface area contributed by atoms with E-state index in [2.05, 4.69) is 22.5 Å². The fraction of sp³-hybridized carbons (Fsp3) is 0.938. The van der Waals surface area contributed by atoms with Crippen molar-refractivity contribution in [3.05, 3.63) is 0 Å². The monoisotopic (exact) mass is 443 g/mol. The van der Waals surface area contributed by atoms with Crippen LogP contribution in [-0.4, -0.2) is 61.7 Å². The van der Waals surface area contributed by atoms with E-state index >= 15 is 0 Å². The number of ether oxygens (including phenoxy) is 2. The molecule has 0 saturated carbocycles. The van der Waals surface area contributed by atoms with E-state index in [0.717, 1.165) is 25.5 Å². The molecule has 0 aromatic heterocycles. The number of aliphatic imine (C=N–C) groups is 1. The summed E-state index contributed by atoms with van der Waals surface area (Å²) in [7, 11) is 0. The first-order chi connectivity index (χ1) is 10.5. The van der Waals surface area contributed by atoms with E-state index in [9.17, 15) is 5.11 Å². The molecule has 23 heavy (non-hydrogen) atoms. The Balaban J connectivity index is 0.00000484. The molecule has 0 aliphatic carbocycles. The number of hydrogen-bond acceptors (Lipinski definition) is 4. The number of aliphatic hydroxyl groups is 1. The van der Waals surface area contributed by atoms with Crippen LogP contribution in [0.15, 0.2) is 4.99 Å². The lowest BCUT2D eigenvalue weighted by atomic mass is 9.98. The van der Waals surface area contributed by atoms with Crippen molar-refractivity contribution in [3.8, 4) is 0 Å². The van der Waals surface area contributed by atoms with Gasteiger partial charge in [0.25, 0.3) is 0 Å². The fourth-order valence-electron chi connectivity index (χ4n) is 2.22. The highest BCUT2D eigenvalue weighted by Crippen LogP contribution is 2.14. The standard InChI is InChI=1S/C16H33N3O3.HI/c1-5-16(20,6-2)12-18-15(17-7-3)19-13(4)10-22-14-8-9-21-11-14;/h13-14,20H,5-12H2,1-4H3,(H2,17,18,19);1H. The van der Waals surface area contributed by atoms with Crippen LogP contribution in [0.2, 0.25) is 0 Å². The van der Waals surface area contributed by atoms with Crippen molar-refractivity contribution in [1.82, 2.24) is 10.6 Å². The van der Waals surface area contributed by atoms with Gasteiger partial charge in [-0.15, -0.1) is 24.0 Å². The van der Waals surface area contributed by atoms with Crippen LogP contribution in [0.5, 0.6) is 0 Å². The zero-order valence-electron chi connectivity index (χ0n) is 14.9. The predicted octanol–water partition coefficient (Wildman–Crippen LogP) is 1.90. The third kappa shape index (κ3) is 9.07. The molecule has 1 heterocycles. The predicted molar refractivity (Wildman–Crippen MR) is 105 cm³/mol. The summed E-state index contributed by atoms with van der Waals surface area (Å²) in [6, 6.07) is 0.148. The average molecular weight is 443 g/mol. The van der Waals surface area contributed by atoms with E-state index in [4.69, 9.17) is 9.47 Å². The molecule has 3 N–H and O–H groups in total. The van der Waals surface area contributed by atoms with E-state index in [1.54, 1.807) is 0 Å². The molecule has 1 saturated heterocycles. The molecule has 0 aromatic carbocycles. The maximum Gasteiger partial charge on any atom is 0.191 e. The fourth-order valence-corrected chi connectivity index (χ4v) is 2.22. The van der Waals surface area contributed by atoms with Gasteiger partial charge in [0.15, 0.2) is 5.96 Å². The minimum absolute atomic E-state index is 0. The van der Waals surface area contributed by atoms with Crippen LogP contribution in [-0.2, 0) is 9.47 Å². The normalized spacial score (nSPS) is 20.0. The maximum absolute atomic E-state index is 10.3. The highest BCUT2D eigenvalue weighted by atomic mass is 127. The Morgan fingerprint density at radius 1 is 1.39 bits per heavy atom. The van der Waals surface area contributed by atoms with Gasteiger partial charge in [-0.2, -0.15) is 0 Å². The molecule has 7 heteroatoms. The Labute approximate surface area is 157 Å². The maximum atomic E-state index is 10.3. The third-order valence-electron chi connectivity index (χ3n) is 4.04. The summed E-state index contributed by atoms with van der Waals surface area (Å²) < 4.78 is 11.1. The third-order valence-corrected chi connectivity index (χ3v) is 4.04. The van der Waals surface area contributed by atoms with Crippen LogP contribution in [0.1, 0.15) is 47.0 Å². The molecular weight excluding hydrogens is 409 g/mol. The first kappa shape index (κ1) is 22.9. The summed E-state index contributed by atoms with van der Waals surface area (Å²) in [5.74, 6) is 0.724. The van der Waals surface area contributed by atoms with Gasteiger partial charge < -0.3 is 25.2 Å². The Kier molecular flexibility index (Phi) is 12.2. The van der Waals surface area contributed by atoms with Gasteiger partial charge in [0, 0.05) is 19.2 Å². The lowest BCUT2D eigenvalue weighted by Crippen LogP contribution is -2.45. The largest absolute Gasteiger partial charge is 0.388 e. The van der Waals surface area contributed by atoms with Gasteiger partial charge in [-0.3, -0.25) is 4.99 Å². The smallest absolute Gasteiger partial charge is 0.191 e. The SMILES string of the molecule is CCNC(=NCC(O)(CC)CC)NC(C)COC1CCOC1.I. The van der Waals surface area contributed by atoms with Gasteiger partial charge in [-0.25, -0.2) is 0 Å². The summed E-state index contributed by atoms with van der Waals surface area (Å²) in [6.45, 7) is 11.4. The molecule has 1 aliphatic heterocycles. The molecule has 2 unspecified atom stereocenters. The Morgan fingerprint density at radius 3 is 2.61 bits per heavy atom. The lowest BCUT2D eigenvalue weighted by Gasteiger charge is -2.24. The molecule has 1 rings (SSSR count). The number of guanidine groups is 1. The number of halogens is 1. The topological polar surface area (TPSA) is 75.1 Å². The summed E-state index contributed by atoms with van der Waals surface area (Å²) in [6.07, 6.45) is 2.59. The summed E-state index contributed by atoms with van der Waals surface area (Å²) in [5.41, 5.74) is -0.719. The van der Waals surface area contributed by atoms with Gasteiger partial charge in [-0.05, 0) is 33.1 Å². The molecule has 0 aromatic rings. The minimum atomic E-state index is -0.719. The van der Waals surface area contributed by atoms with Gasteiger partial charge in [0.1, 0.15) is 0 Å². The van der Waals surface area contributed by atoms with Crippen molar-refractivity contribution in [1.29, 1.82) is 0 Å². The van der Waals surface area contributed by atoms with Crippen molar-refractivity contribution in [2.24, 2.45) is 4.99 Å². The van der Waals surface area contributed by atoms with Gasteiger partial charge in [0.05, 0.1) is 31.5 Å². The number of nitrogens with one attached hydrogen (secondary N) is 2. The Hall–Kier alpha value is -0.120. The lowest BCUT2D eigenvalue weighted by molar-refractivity contribution is 0.0344. The van der Waals surface area contributed by atoms with Crippen LogP contribution >= 0.6 is 24.0 Å². The molecule has 0 bridgehead atoms. The highest BCUT2D eigenvalue weighted by molar-refractivity contribution is 14.0. The molecule has 6 nitrogen and oxygen atoms in total. The molecule has 0 radical (unpaired) electrons. The van der Waals surface area contributed by atoms with E-state index in [1.807, 2.05) is 20.8 Å². The number of rotatable bonds is 9. The molecule has 0 amide bonds. The van der Waals surface area contributed by atoms with Gasteiger partial charge in [-0.1, -0.05) is 13.8 Å². The highest BCUT2D eigenvalue weighted by Gasteiger charge is 2.22. The first-order valence-electron chi connectivity index (χ1n) is 8.49. The van der Waals surface area contributed by atoms with E-state index in [-0.39, 0.29) is 36.1 Å². The Morgan fingerprint density at radius 2 is 2.09 bits per heavy atom. The van der Waals surface area contributed by atoms with E-state index in [0.29, 0.717) is 32.6 Å². The zero-order chi connectivity index (χ0) is 16.4. The van der Waals surface area contributed by atoms with Crippen molar-refractivity contribution >= 4 is 29.9 Å². The van der Waals surface area contributed by atoms with E-state index < -0.39 is 5.60 Å². The van der Waals surface area contributed by atoms with Crippen LogP contribution in [0.25, 0.3) is 0 Å². The molecule has 0 spiro atoms. The first-order valence-corrected chi connectivity index (χ1v) is 8.49. The number of nitrogens with zero attached hydrogens (tertiary/aromatic N) is 1. The Bertz CT molecular complexity index is 333. The van der Waals surface area contributed by atoms with Crippen molar-refractivity contribution in [2.45, 2.75) is 64.7 Å². The van der Waals surface area contributed by atoms with Crippen LogP contribution in [0.4, 0.5) is 0 Å². The zero-order valence-corrected chi connectivity index (χ0v) is 17.3. The molecular formula is C16H34IN3O3. The van der Waals surface area contributed by atoms with Crippen LogP contribution in [0.3, 0.4) is 0 Å².